The Morgan fingerprint density at radius 2 is 2.12 bits per heavy atom. The van der Waals surface area contributed by atoms with Gasteiger partial charge in [-0.3, -0.25) is 9.69 Å². The molecule has 8 nitrogen and oxygen atoms in total. The number of aromatic nitrogens is 2. The minimum Gasteiger partial charge on any atom is -0.619 e. The molecule has 0 N–H and O–H groups in total. The highest BCUT2D eigenvalue weighted by atomic mass is 16.5. The third-order valence-corrected chi connectivity index (χ3v) is 4.75. The van der Waals surface area contributed by atoms with Crippen molar-refractivity contribution in [1.82, 2.24) is 15.0 Å². The van der Waals surface area contributed by atoms with Crippen molar-refractivity contribution >= 4 is 5.91 Å². The molecule has 26 heavy (non-hydrogen) atoms. The van der Waals surface area contributed by atoms with Crippen molar-refractivity contribution in [2.24, 2.45) is 0 Å². The molecule has 0 bridgehead atoms. The van der Waals surface area contributed by atoms with Gasteiger partial charge in [0.05, 0.1) is 17.8 Å². The van der Waals surface area contributed by atoms with E-state index >= 15 is 0 Å². The molecule has 2 aromatic heterocycles. The predicted octanol–water partition coefficient (Wildman–Crippen LogP) is 0.814. The van der Waals surface area contributed by atoms with Gasteiger partial charge in [-0.25, -0.2) is 0 Å². The van der Waals surface area contributed by atoms with E-state index in [1.807, 2.05) is 19.9 Å². The summed E-state index contributed by atoms with van der Waals surface area (Å²) in [7, 11) is 0. The Labute approximate surface area is 151 Å². The van der Waals surface area contributed by atoms with Gasteiger partial charge in [-0.05, 0) is 19.9 Å². The van der Waals surface area contributed by atoms with Gasteiger partial charge in [0.15, 0.2) is 12.4 Å². The van der Waals surface area contributed by atoms with Crippen LogP contribution in [0.1, 0.15) is 29.9 Å². The van der Waals surface area contributed by atoms with Gasteiger partial charge < -0.3 is 19.4 Å². The van der Waals surface area contributed by atoms with Gasteiger partial charge in [0.25, 0.3) is 5.91 Å². The number of hydrogen-bond donors (Lipinski definition) is 0. The van der Waals surface area contributed by atoms with Crippen LogP contribution in [0.15, 0.2) is 41.4 Å². The van der Waals surface area contributed by atoms with E-state index in [1.54, 1.807) is 23.3 Å². The van der Waals surface area contributed by atoms with Crippen LogP contribution in [0, 0.1) is 5.21 Å². The normalized spacial score (nSPS) is 21.5. The van der Waals surface area contributed by atoms with Gasteiger partial charge in [-0.15, -0.1) is 0 Å². The first-order chi connectivity index (χ1) is 12.3. The molecule has 0 aromatic carbocycles. The van der Waals surface area contributed by atoms with Crippen molar-refractivity contribution in [2.75, 3.05) is 26.2 Å². The summed E-state index contributed by atoms with van der Waals surface area (Å²) in [5.41, 5.74) is 0.445. The molecule has 2 aliphatic heterocycles. The van der Waals surface area contributed by atoms with Crippen molar-refractivity contribution in [2.45, 2.75) is 31.6 Å². The van der Waals surface area contributed by atoms with Gasteiger partial charge in [0, 0.05) is 38.3 Å². The molecule has 4 heterocycles. The average molecular weight is 358 g/mol. The molecule has 0 unspecified atom stereocenters. The number of carbonyl (C=O) groups excluding carboxylic acids is 1. The second kappa shape index (κ2) is 6.07. The molecule has 0 atom stereocenters. The number of morpholine rings is 1. The second-order valence-corrected chi connectivity index (χ2v) is 7.79. The molecular formula is C18H22N4O4. The van der Waals surface area contributed by atoms with Crippen LogP contribution in [0.2, 0.25) is 0 Å². The van der Waals surface area contributed by atoms with Crippen molar-refractivity contribution < 1.29 is 18.8 Å². The number of ether oxygens (including phenoxy) is 1. The zero-order valence-corrected chi connectivity index (χ0v) is 14.9. The van der Waals surface area contributed by atoms with Gasteiger partial charge >= 0.3 is 0 Å². The van der Waals surface area contributed by atoms with Crippen LogP contribution < -0.4 is 4.73 Å². The summed E-state index contributed by atoms with van der Waals surface area (Å²) < 4.78 is 11.9. The fraction of sp³-hybridized carbons (Fsp3) is 0.500. The Morgan fingerprint density at radius 1 is 1.31 bits per heavy atom. The largest absolute Gasteiger partial charge is 0.619 e. The quantitative estimate of drug-likeness (QED) is 0.596. The first kappa shape index (κ1) is 17.0. The number of amides is 1. The molecule has 0 saturated carbocycles. The van der Waals surface area contributed by atoms with E-state index in [-0.39, 0.29) is 11.5 Å². The van der Waals surface area contributed by atoms with Crippen LogP contribution in [-0.4, -0.2) is 58.2 Å². The Bertz CT molecular complexity index is 799. The Balaban J connectivity index is 1.47. The van der Waals surface area contributed by atoms with E-state index in [9.17, 15) is 10.0 Å². The monoisotopic (exact) mass is 358 g/mol. The predicted molar refractivity (Wildman–Crippen MR) is 91.0 cm³/mol. The summed E-state index contributed by atoms with van der Waals surface area (Å²) in [6.45, 7) is 7.14. The number of hydrogen-bond acceptors (Lipinski definition) is 6. The Hall–Kier alpha value is -2.45. The lowest BCUT2D eigenvalue weighted by Gasteiger charge is -2.58. The molecule has 2 saturated heterocycles. The molecule has 1 amide bonds. The summed E-state index contributed by atoms with van der Waals surface area (Å²) in [6, 6.07) is 5.11. The maximum absolute atomic E-state index is 12.9. The van der Waals surface area contributed by atoms with E-state index in [1.165, 1.54) is 12.4 Å². The summed E-state index contributed by atoms with van der Waals surface area (Å²) >= 11 is 0. The van der Waals surface area contributed by atoms with Gasteiger partial charge in [-0.2, -0.15) is 4.73 Å². The maximum atomic E-state index is 12.9. The second-order valence-electron chi connectivity index (χ2n) is 7.79. The topological polar surface area (TPSA) is 85.8 Å². The molecule has 0 radical (unpaired) electrons. The standard InChI is InChI=1S/C18H22N4O4/c1-17(2)10-21(16(23)14-4-3-6-22(24)8-14)13-18(26-17)11-20(12-18)9-15-5-7-25-19-15/h3-8H,9-13H2,1-2H3. The fourth-order valence-electron chi connectivity index (χ4n) is 4.01. The van der Waals surface area contributed by atoms with Crippen molar-refractivity contribution in [3.05, 3.63) is 53.3 Å². The third kappa shape index (κ3) is 3.30. The highest BCUT2D eigenvalue weighted by Crippen LogP contribution is 2.36. The van der Waals surface area contributed by atoms with Crippen LogP contribution in [0.25, 0.3) is 0 Å². The molecule has 2 aromatic rings. The van der Waals surface area contributed by atoms with E-state index in [0.717, 1.165) is 18.8 Å². The summed E-state index contributed by atoms with van der Waals surface area (Å²) in [4.78, 5) is 16.9. The molecular weight excluding hydrogens is 336 g/mol. The molecule has 138 valence electrons. The molecule has 8 heteroatoms. The minimum absolute atomic E-state index is 0.138. The first-order valence-electron chi connectivity index (χ1n) is 8.64. The lowest BCUT2D eigenvalue weighted by Crippen LogP contribution is -2.73. The summed E-state index contributed by atoms with van der Waals surface area (Å²) in [5.74, 6) is -0.138. The maximum Gasteiger partial charge on any atom is 0.260 e. The van der Waals surface area contributed by atoms with Crippen molar-refractivity contribution in [3.63, 3.8) is 0 Å². The lowest BCUT2D eigenvalue weighted by atomic mass is 9.88. The van der Waals surface area contributed by atoms with Gasteiger partial charge in [0.1, 0.15) is 17.4 Å². The zero-order chi connectivity index (χ0) is 18.4. The van der Waals surface area contributed by atoms with E-state index < -0.39 is 5.60 Å². The first-order valence-corrected chi connectivity index (χ1v) is 8.64. The van der Waals surface area contributed by atoms with Crippen LogP contribution in [0.3, 0.4) is 0 Å². The number of nitrogens with zero attached hydrogens (tertiary/aromatic N) is 4. The molecule has 2 fully saturated rings. The minimum atomic E-state index is -0.448. The zero-order valence-electron chi connectivity index (χ0n) is 14.9. The average Bonchev–Trinajstić information content (AvgIpc) is 3.04. The molecule has 1 spiro atoms. The Morgan fingerprint density at radius 3 is 2.81 bits per heavy atom. The fourth-order valence-corrected chi connectivity index (χ4v) is 4.01. The van der Waals surface area contributed by atoms with E-state index in [4.69, 9.17) is 9.26 Å². The molecule has 4 rings (SSSR count). The third-order valence-electron chi connectivity index (χ3n) is 4.75. The van der Waals surface area contributed by atoms with Crippen LogP contribution in [-0.2, 0) is 11.3 Å². The highest BCUT2D eigenvalue weighted by molar-refractivity contribution is 5.93. The number of likely N-dealkylation sites (tertiary alicyclic amines) is 1. The van der Waals surface area contributed by atoms with Crippen LogP contribution in [0.5, 0.6) is 0 Å². The van der Waals surface area contributed by atoms with Crippen molar-refractivity contribution in [3.8, 4) is 0 Å². The number of pyridine rings is 1. The molecule has 0 aliphatic carbocycles. The van der Waals surface area contributed by atoms with E-state index in [2.05, 4.69) is 10.1 Å². The van der Waals surface area contributed by atoms with Crippen molar-refractivity contribution in [1.29, 1.82) is 0 Å². The van der Waals surface area contributed by atoms with Crippen LogP contribution in [0.4, 0.5) is 0 Å². The van der Waals surface area contributed by atoms with E-state index in [0.29, 0.717) is 29.9 Å². The molecule has 2 aliphatic rings. The highest BCUT2D eigenvalue weighted by Gasteiger charge is 2.52. The Kier molecular flexibility index (Phi) is 3.96. The van der Waals surface area contributed by atoms with Gasteiger partial charge in [0.2, 0.25) is 0 Å². The smallest absolute Gasteiger partial charge is 0.260 e. The van der Waals surface area contributed by atoms with Gasteiger partial charge in [-0.1, -0.05) is 5.16 Å². The SMILES string of the molecule is CC1(C)CN(C(=O)c2ccc[n+]([O-])c2)CC2(CN(Cc3ccon3)C2)O1. The summed E-state index contributed by atoms with van der Waals surface area (Å²) in [6.07, 6.45) is 4.25. The number of rotatable bonds is 3. The van der Waals surface area contributed by atoms with Crippen LogP contribution >= 0.6 is 0 Å². The number of carbonyl (C=O) groups is 1. The lowest BCUT2D eigenvalue weighted by molar-refractivity contribution is -0.605. The summed E-state index contributed by atoms with van der Waals surface area (Å²) in [5, 5.41) is 15.4.